The van der Waals surface area contributed by atoms with Gasteiger partial charge in [-0.2, -0.15) is 0 Å². The summed E-state index contributed by atoms with van der Waals surface area (Å²) in [7, 11) is 0. The van der Waals surface area contributed by atoms with E-state index in [9.17, 15) is 4.79 Å². The van der Waals surface area contributed by atoms with Gasteiger partial charge in [0, 0.05) is 22.6 Å². The molecular formula is C14H19BrN2O2. The highest BCUT2D eigenvalue weighted by Crippen LogP contribution is 2.29. The van der Waals surface area contributed by atoms with E-state index >= 15 is 0 Å². The second-order valence-corrected chi connectivity index (χ2v) is 5.78. The Bertz CT molecular complexity index is 463. The van der Waals surface area contributed by atoms with Gasteiger partial charge in [-0.15, -0.1) is 0 Å². The number of nitrogens with one attached hydrogen (secondary N) is 1. The lowest BCUT2D eigenvalue weighted by molar-refractivity contribution is -0.127. The van der Waals surface area contributed by atoms with E-state index in [1.807, 2.05) is 25.1 Å². The van der Waals surface area contributed by atoms with Crippen LogP contribution in [-0.2, 0) is 4.79 Å². The van der Waals surface area contributed by atoms with E-state index < -0.39 is 6.10 Å². The van der Waals surface area contributed by atoms with Crippen molar-refractivity contribution in [1.29, 1.82) is 0 Å². The molecule has 1 aliphatic heterocycles. The molecule has 0 aliphatic carbocycles. The van der Waals surface area contributed by atoms with Gasteiger partial charge in [0.15, 0.2) is 6.10 Å². The summed E-state index contributed by atoms with van der Waals surface area (Å²) in [4.78, 5) is 11.9. The van der Waals surface area contributed by atoms with Crippen molar-refractivity contribution in [2.45, 2.75) is 38.3 Å². The van der Waals surface area contributed by atoms with Crippen molar-refractivity contribution in [3.63, 3.8) is 0 Å². The second kappa shape index (κ2) is 6.39. The fourth-order valence-electron chi connectivity index (χ4n) is 2.16. The first-order valence-electron chi connectivity index (χ1n) is 6.57. The zero-order valence-corrected chi connectivity index (χ0v) is 12.6. The van der Waals surface area contributed by atoms with Gasteiger partial charge in [0.1, 0.15) is 5.75 Å². The lowest BCUT2D eigenvalue weighted by atomic mass is 10.1. The minimum absolute atomic E-state index is 0.0314. The van der Waals surface area contributed by atoms with E-state index in [1.54, 1.807) is 0 Å². The van der Waals surface area contributed by atoms with Crippen LogP contribution in [0.4, 0.5) is 0 Å². The Morgan fingerprint density at radius 3 is 3.00 bits per heavy atom. The van der Waals surface area contributed by atoms with Crippen molar-refractivity contribution in [2.75, 3.05) is 6.54 Å². The summed E-state index contributed by atoms with van der Waals surface area (Å²) < 4.78 is 6.84. The highest BCUT2D eigenvalue weighted by Gasteiger charge is 2.23. The van der Waals surface area contributed by atoms with Crippen LogP contribution in [0.25, 0.3) is 0 Å². The number of benzene rings is 1. The summed E-state index contributed by atoms with van der Waals surface area (Å²) in [6.07, 6.45) is 2.33. The van der Waals surface area contributed by atoms with Crippen molar-refractivity contribution in [1.82, 2.24) is 5.32 Å². The molecule has 1 amide bonds. The van der Waals surface area contributed by atoms with Crippen LogP contribution in [0.5, 0.6) is 5.75 Å². The fraction of sp³-hybridized carbons (Fsp3) is 0.500. The third-order valence-electron chi connectivity index (χ3n) is 3.22. The summed E-state index contributed by atoms with van der Waals surface area (Å²) in [5.41, 5.74) is 6.86. The summed E-state index contributed by atoms with van der Waals surface area (Å²) in [6, 6.07) is 5.56. The van der Waals surface area contributed by atoms with Crippen LogP contribution in [0.3, 0.4) is 0 Å². The number of rotatable bonds is 3. The number of hydrogen-bond acceptors (Lipinski definition) is 3. The maximum absolute atomic E-state index is 11.9. The molecular weight excluding hydrogens is 308 g/mol. The largest absolute Gasteiger partial charge is 0.480 e. The van der Waals surface area contributed by atoms with Gasteiger partial charge in [-0.25, -0.2) is 0 Å². The van der Waals surface area contributed by atoms with Gasteiger partial charge in [0.2, 0.25) is 0 Å². The molecule has 4 nitrogen and oxygen atoms in total. The molecule has 5 heteroatoms. The SMILES string of the molecule is C[C@H](N)c1cc(Br)ccc1OC1CCCCNC1=O. The molecule has 1 unspecified atom stereocenters. The Morgan fingerprint density at radius 2 is 2.26 bits per heavy atom. The molecule has 1 aliphatic rings. The third-order valence-corrected chi connectivity index (χ3v) is 3.71. The molecule has 2 atom stereocenters. The van der Waals surface area contributed by atoms with E-state index in [0.29, 0.717) is 5.75 Å². The van der Waals surface area contributed by atoms with Gasteiger partial charge in [-0.3, -0.25) is 4.79 Å². The maximum Gasteiger partial charge on any atom is 0.261 e. The van der Waals surface area contributed by atoms with Gasteiger partial charge < -0.3 is 15.8 Å². The summed E-state index contributed by atoms with van der Waals surface area (Å²) in [5.74, 6) is 0.663. The molecule has 0 bridgehead atoms. The van der Waals surface area contributed by atoms with Crippen LogP contribution in [0, 0.1) is 0 Å². The predicted octanol–water partition coefficient (Wildman–Crippen LogP) is 2.52. The second-order valence-electron chi connectivity index (χ2n) is 4.86. The highest BCUT2D eigenvalue weighted by atomic mass is 79.9. The molecule has 0 radical (unpaired) electrons. The molecule has 1 aromatic carbocycles. The molecule has 1 aromatic rings. The Labute approximate surface area is 121 Å². The van der Waals surface area contributed by atoms with Crippen molar-refractivity contribution in [3.8, 4) is 5.75 Å². The van der Waals surface area contributed by atoms with Crippen LogP contribution in [0.15, 0.2) is 22.7 Å². The molecule has 1 heterocycles. The normalized spacial score (nSPS) is 21.4. The van der Waals surface area contributed by atoms with Gasteiger partial charge in [-0.1, -0.05) is 15.9 Å². The minimum atomic E-state index is -0.416. The first-order valence-corrected chi connectivity index (χ1v) is 7.36. The lowest BCUT2D eigenvalue weighted by Crippen LogP contribution is -2.36. The molecule has 3 N–H and O–H groups in total. The zero-order chi connectivity index (χ0) is 13.8. The number of halogens is 1. The van der Waals surface area contributed by atoms with Crippen LogP contribution < -0.4 is 15.8 Å². The summed E-state index contributed by atoms with van der Waals surface area (Å²) in [6.45, 7) is 2.64. The Morgan fingerprint density at radius 1 is 1.47 bits per heavy atom. The van der Waals surface area contributed by atoms with Crippen LogP contribution in [0.2, 0.25) is 0 Å². The van der Waals surface area contributed by atoms with Crippen molar-refractivity contribution in [3.05, 3.63) is 28.2 Å². The van der Waals surface area contributed by atoms with Crippen LogP contribution in [0.1, 0.15) is 37.8 Å². The highest BCUT2D eigenvalue weighted by molar-refractivity contribution is 9.10. The summed E-state index contributed by atoms with van der Waals surface area (Å²) >= 11 is 3.42. The predicted molar refractivity (Wildman–Crippen MR) is 78.0 cm³/mol. The molecule has 0 saturated carbocycles. The lowest BCUT2D eigenvalue weighted by Gasteiger charge is -2.20. The van der Waals surface area contributed by atoms with E-state index in [4.69, 9.17) is 10.5 Å². The summed E-state index contributed by atoms with van der Waals surface area (Å²) in [5, 5.41) is 2.87. The van der Waals surface area contributed by atoms with E-state index in [-0.39, 0.29) is 11.9 Å². The van der Waals surface area contributed by atoms with Crippen LogP contribution in [-0.4, -0.2) is 18.6 Å². The van der Waals surface area contributed by atoms with E-state index in [1.165, 1.54) is 0 Å². The molecule has 2 rings (SSSR count). The number of amides is 1. The molecule has 1 fully saturated rings. The first kappa shape index (κ1) is 14.3. The molecule has 19 heavy (non-hydrogen) atoms. The average Bonchev–Trinajstić information content (AvgIpc) is 2.57. The standard InChI is InChI=1S/C14H19BrN2O2/c1-9(16)11-8-10(15)5-6-12(11)19-13-4-2-3-7-17-14(13)18/h5-6,8-9,13H,2-4,7,16H2,1H3,(H,17,18)/t9-,13?/m0/s1. The van der Waals surface area contributed by atoms with Crippen molar-refractivity contribution in [2.24, 2.45) is 5.73 Å². The van der Waals surface area contributed by atoms with Crippen molar-refractivity contribution >= 4 is 21.8 Å². The number of carbonyl (C=O) groups excluding carboxylic acids is 1. The quantitative estimate of drug-likeness (QED) is 0.897. The Kier molecular flexibility index (Phi) is 4.82. The maximum atomic E-state index is 11.9. The average molecular weight is 327 g/mol. The third kappa shape index (κ3) is 3.70. The number of nitrogens with two attached hydrogens (primary N) is 1. The fourth-order valence-corrected chi connectivity index (χ4v) is 2.54. The van der Waals surface area contributed by atoms with E-state index in [0.717, 1.165) is 35.8 Å². The number of carbonyl (C=O) groups is 1. The van der Waals surface area contributed by atoms with Gasteiger partial charge in [-0.05, 0) is 44.4 Å². The van der Waals surface area contributed by atoms with Gasteiger partial charge in [0.25, 0.3) is 5.91 Å². The van der Waals surface area contributed by atoms with E-state index in [2.05, 4.69) is 21.2 Å². The molecule has 104 valence electrons. The molecule has 0 aromatic heterocycles. The minimum Gasteiger partial charge on any atom is -0.480 e. The number of ether oxygens (including phenoxy) is 1. The topological polar surface area (TPSA) is 64.3 Å². The first-order chi connectivity index (χ1) is 9.08. The molecule has 0 spiro atoms. The monoisotopic (exact) mass is 326 g/mol. The Balaban J connectivity index is 2.19. The van der Waals surface area contributed by atoms with Crippen molar-refractivity contribution < 1.29 is 9.53 Å². The van der Waals surface area contributed by atoms with Gasteiger partial charge >= 0.3 is 0 Å². The van der Waals surface area contributed by atoms with Crippen LogP contribution >= 0.6 is 15.9 Å². The zero-order valence-electron chi connectivity index (χ0n) is 11.0. The number of hydrogen-bond donors (Lipinski definition) is 2. The Hall–Kier alpha value is -1.07. The molecule has 1 saturated heterocycles. The van der Waals surface area contributed by atoms with Gasteiger partial charge in [0.05, 0.1) is 0 Å². The smallest absolute Gasteiger partial charge is 0.261 e.